The molecule has 0 aromatic rings. The Bertz CT molecular complexity index is 391. The molecule has 0 aromatic carbocycles. The number of aliphatic hydroxyl groups excluding tert-OH is 4. The quantitative estimate of drug-likeness (QED) is 0.359. The molecule has 0 saturated carbocycles. The summed E-state index contributed by atoms with van der Waals surface area (Å²) in [5.74, 6) is -0.0919. The van der Waals surface area contributed by atoms with Gasteiger partial charge in [-0.2, -0.15) is 0 Å². The Morgan fingerprint density at radius 1 is 1.17 bits per heavy atom. The first-order chi connectivity index (χ1) is 11.2. The molecule has 24 heavy (non-hydrogen) atoms. The number of rotatable bonds is 9. The largest absolute Gasteiger partial charge is 0.395 e. The van der Waals surface area contributed by atoms with Crippen molar-refractivity contribution in [2.45, 2.75) is 70.8 Å². The number of nitrogens with one attached hydrogen (secondary N) is 1. The van der Waals surface area contributed by atoms with Gasteiger partial charge in [0.1, 0.15) is 12.2 Å². The van der Waals surface area contributed by atoms with Crippen LogP contribution in [0.15, 0.2) is 0 Å². The minimum atomic E-state index is -1.28. The van der Waals surface area contributed by atoms with Gasteiger partial charge in [-0.3, -0.25) is 9.69 Å². The maximum atomic E-state index is 12.4. The molecule has 0 bridgehead atoms. The first kappa shape index (κ1) is 21.3. The molecule has 1 heterocycles. The fourth-order valence-corrected chi connectivity index (χ4v) is 3.13. The average molecular weight is 346 g/mol. The molecule has 5 N–H and O–H groups in total. The highest BCUT2D eigenvalue weighted by molar-refractivity contribution is 5.82. The van der Waals surface area contributed by atoms with Crippen molar-refractivity contribution in [3.8, 4) is 0 Å². The lowest BCUT2D eigenvalue weighted by molar-refractivity contribution is -0.154. The van der Waals surface area contributed by atoms with Crippen LogP contribution in [0.2, 0.25) is 0 Å². The molecule has 7 heteroatoms. The van der Waals surface area contributed by atoms with Crippen molar-refractivity contribution in [2.75, 3.05) is 26.2 Å². The predicted molar refractivity (Wildman–Crippen MR) is 91.4 cm³/mol. The second kappa shape index (κ2) is 9.68. The van der Waals surface area contributed by atoms with Gasteiger partial charge in [-0.25, -0.2) is 0 Å². The maximum absolute atomic E-state index is 12.4. The first-order valence-corrected chi connectivity index (χ1v) is 8.92. The van der Waals surface area contributed by atoms with E-state index in [0.717, 1.165) is 25.7 Å². The maximum Gasteiger partial charge on any atom is 0.226 e. The van der Waals surface area contributed by atoms with Crippen LogP contribution in [0.25, 0.3) is 0 Å². The van der Waals surface area contributed by atoms with E-state index in [-0.39, 0.29) is 25.6 Å². The molecule has 7 nitrogen and oxygen atoms in total. The highest BCUT2D eigenvalue weighted by Gasteiger charge is 2.43. The molecule has 0 spiro atoms. The molecule has 0 aromatic heterocycles. The van der Waals surface area contributed by atoms with E-state index < -0.39 is 29.8 Å². The van der Waals surface area contributed by atoms with E-state index in [2.05, 4.69) is 12.2 Å². The van der Waals surface area contributed by atoms with Crippen LogP contribution in [0.5, 0.6) is 0 Å². The Morgan fingerprint density at radius 3 is 2.42 bits per heavy atom. The van der Waals surface area contributed by atoms with Gasteiger partial charge < -0.3 is 25.7 Å². The van der Waals surface area contributed by atoms with E-state index >= 15 is 0 Å². The number of unbranched alkanes of at least 4 members (excludes halogenated alkanes) is 3. The van der Waals surface area contributed by atoms with Crippen molar-refractivity contribution >= 4 is 5.91 Å². The normalized spacial score (nSPS) is 28.8. The second-order valence-corrected chi connectivity index (χ2v) is 7.43. The Balaban J connectivity index is 2.58. The van der Waals surface area contributed by atoms with Gasteiger partial charge in [0.2, 0.25) is 5.91 Å². The number of β-amino-alcohol motifs (C(OH)–C–C–N with tert-alkyl or cyclic N) is 1. The summed E-state index contributed by atoms with van der Waals surface area (Å²) in [6.45, 7) is 6.41. The SMILES string of the molecule is CCCCCCNC(=O)C(C)(C)CN1CC(O)C(O)C(O)C1CO. The smallest absolute Gasteiger partial charge is 0.226 e. The Kier molecular flexibility index (Phi) is 8.59. The van der Waals surface area contributed by atoms with Crippen LogP contribution >= 0.6 is 0 Å². The minimum Gasteiger partial charge on any atom is -0.395 e. The number of hydrogen-bond acceptors (Lipinski definition) is 6. The van der Waals surface area contributed by atoms with Gasteiger partial charge in [0.25, 0.3) is 0 Å². The summed E-state index contributed by atoms with van der Waals surface area (Å²) in [4.78, 5) is 14.1. The highest BCUT2D eigenvalue weighted by Crippen LogP contribution is 2.25. The lowest BCUT2D eigenvalue weighted by atomic mass is 9.87. The number of carbonyl (C=O) groups is 1. The van der Waals surface area contributed by atoms with Gasteiger partial charge in [-0.1, -0.05) is 26.2 Å². The standard InChI is InChI=1S/C17H34N2O5/c1-4-5-6-7-8-18-16(24)17(2,3)11-19-9-13(21)15(23)14(22)12(19)10-20/h12-15,20-23H,4-11H2,1-3H3,(H,18,24). The predicted octanol–water partition coefficient (Wildman–Crippen LogP) is -0.532. The van der Waals surface area contributed by atoms with Crippen molar-refractivity contribution < 1.29 is 25.2 Å². The number of likely N-dealkylation sites (tertiary alicyclic amines) is 1. The molecule has 1 rings (SSSR count). The van der Waals surface area contributed by atoms with Crippen molar-refractivity contribution in [3.05, 3.63) is 0 Å². The van der Waals surface area contributed by atoms with Gasteiger partial charge in [-0.05, 0) is 20.3 Å². The van der Waals surface area contributed by atoms with E-state index in [0.29, 0.717) is 6.54 Å². The fraction of sp³-hybridized carbons (Fsp3) is 0.941. The summed E-state index contributed by atoms with van der Waals surface area (Å²) in [7, 11) is 0. The lowest BCUT2D eigenvalue weighted by Gasteiger charge is -2.45. The highest BCUT2D eigenvalue weighted by atomic mass is 16.4. The summed E-state index contributed by atoms with van der Waals surface area (Å²) < 4.78 is 0. The van der Waals surface area contributed by atoms with Crippen LogP contribution in [0, 0.1) is 5.41 Å². The summed E-state index contributed by atoms with van der Waals surface area (Å²) >= 11 is 0. The molecule has 1 saturated heterocycles. The van der Waals surface area contributed by atoms with Gasteiger partial charge in [0.15, 0.2) is 0 Å². The lowest BCUT2D eigenvalue weighted by Crippen LogP contribution is -2.64. The zero-order chi connectivity index (χ0) is 18.3. The van der Waals surface area contributed by atoms with Crippen LogP contribution < -0.4 is 5.32 Å². The average Bonchev–Trinajstić information content (AvgIpc) is 2.52. The topological polar surface area (TPSA) is 113 Å². The van der Waals surface area contributed by atoms with Gasteiger partial charge in [0, 0.05) is 19.6 Å². The molecule has 0 radical (unpaired) electrons. The van der Waals surface area contributed by atoms with Crippen LogP contribution in [0.1, 0.15) is 46.5 Å². The molecular weight excluding hydrogens is 312 g/mol. The summed E-state index contributed by atoms with van der Waals surface area (Å²) in [5, 5.41) is 42.1. The van der Waals surface area contributed by atoms with Crippen molar-refractivity contribution in [1.29, 1.82) is 0 Å². The van der Waals surface area contributed by atoms with Crippen LogP contribution in [0.3, 0.4) is 0 Å². The van der Waals surface area contributed by atoms with E-state index in [1.807, 2.05) is 0 Å². The molecule has 1 fully saturated rings. The molecule has 1 aliphatic heterocycles. The van der Waals surface area contributed by atoms with E-state index in [4.69, 9.17) is 0 Å². The Labute approximate surface area is 144 Å². The number of amides is 1. The number of aliphatic hydroxyl groups is 4. The number of carbonyl (C=O) groups excluding carboxylic acids is 1. The van der Waals surface area contributed by atoms with Crippen molar-refractivity contribution in [1.82, 2.24) is 10.2 Å². The molecule has 1 aliphatic rings. The third-order valence-corrected chi connectivity index (χ3v) is 4.74. The van der Waals surface area contributed by atoms with Crippen LogP contribution in [-0.4, -0.2) is 81.8 Å². The summed E-state index contributed by atoms with van der Waals surface area (Å²) in [6, 6.07) is -0.694. The molecule has 4 atom stereocenters. The summed E-state index contributed by atoms with van der Waals surface area (Å²) in [6.07, 6.45) is 0.710. The monoisotopic (exact) mass is 346 g/mol. The van der Waals surface area contributed by atoms with Crippen LogP contribution in [0.4, 0.5) is 0 Å². The fourth-order valence-electron chi connectivity index (χ4n) is 3.13. The number of piperidine rings is 1. The van der Waals surface area contributed by atoms with E-state index in [9.17, 15) is 25.2 Å². The second-order valence-electron chi connectivity index (χ2n) is 7.43. The number of nitrogens with zero attached hydrogens (tertiary/aromatic N) is 1. The molecule has 1 amide bonds. The third-order valence-electron chi connectivity index (χ3n) is 4.74. The molecular formula is C17H34N2O5. The zero-order valence-electron chi connectivity index (χ0n) is 15.1. The van der Waals surface area contributed by atoms with Gasteiger partial charge >= 0.3 is 0 Å². The summed E-state index contributed by atoms with van der Waals surface area (Å²) in [5.41, 5.74) is -0.736. The Hall–Kier alpha value is -0.730. The zero-order valence-corrected chi connectivity index (χ0v) is 15.1. The molecule has 142 valence electrons. The number of hydrogen-bond donors (Lipinski definition) is 5. The Morgan fingerprint density at radius 2 is 1.83 bits per heavy atom. The van der Waals surface area contributed by atoms with Crippen molar-refractivity contribution in [3.63, 3.8) is 0 Å². The van der Waals surface area contributed by atoms with Gasteiger partial charge in [-0.15, -0.1) is 0 Å². The van der Waals surface area contributed by atoms with Crippen molar-refractivity contribution in [2.24, 2.45) is 5.41 Å². The molecule has 0 aliphatic carbocycles. The van der Waals surface area contributed by atoms with Crippen LogP contribution in [-0.2, 0) is 4.79 Å². The molecule has 4 unspecified atom stereocenters. The minimum absolute atomic E-state index is 0.0919. The van der Waals surface area contributed by atoms with E-state index in [1.165, 1.54) is 0 Å². The van der Waals surface area contributed by atoms with Gasteiger partial charge in [0.05, 0.1) is 24.2 Å². The first-order valence-electron chi connectivity index (χ1n) is 8.92. The van der Waals surface area contributed by atoms with E-state index in [1.54, 1.807) is 18.7 Å². The third kappa shape index (κ3) is 5.67.